The number of benzene rings is 3. The zero-order valence-electron chi connectivity index (χ0n) is 15.2. The summed E-state index contributed by atoms with van der Waals surface area (Å²) in [4.78, 5) is 12.6. The van der Waals surface area contributed by atoms with Crippen LogP contribution in [0.3, 0.4) is 0 Å². The fourth-order valence-electron chi connectivity index (χ4n) is 3.16. The summed E-state index contributed by atoms with van der Waals surface area (Å²) in [6.45, 7) is 0.476. The van der Waals surface area contributed by atoms with E-state index in [0.717, 1.165) is 11.1 Å². The Labute approximate surface area is 165 Å². The minimum Gasteiger partial charge on any atom is -0.489 e. The van der Waals surface area contributed by atoms with Gasteiger partial charge >= 0.3 is 0 Å². The van der Waals surface area contributed by atoms with Crippen LogP contribution in [0, 0.1) is 5.82 Å². The summed E-state index contributed by atoms with van der Waals surface area (Å²) < 4.78 is 35.1. The Kier molecular flexibility index (Phi) is 4.17. The second kappa shape index (κ2) is 6.98. The van der Waals surface area contributed by atoms with Gasteiger partial charge in [0.05, 0.1) is 5.56 Å². The van der Waals surface area contributed by atoms with Crippen LogP contribution in [-0.2, 0) is 6.61 Å². The van der Waals surface area contributed by atoms with Crippen LogP contribution in [0.5, 0.6) is 23.0 Å². The van der Waals surface area contributed by atoms with Crippen molar-refractivity contribution in [2.45, 2.75) is 6.61 Å². The van der Waals surface area contributed by atoms with Crippen LogP contribution < -0.4 is 18.9 Å². The molecule has 5 nitrogen and oxygen atoms in total. The zero-order chi connectivity index (χ0) is 19.8. The number of ether oxygens (including phenoxy) is 4. The second-order valence-corrected chi connectivity index (χ2v) is 6.63. The number of halogens is 1. The molecule has 0 unspecified atom stereocenters. The highest BCUT2D eigenvalue weighted by Gasteiger charge is 2.28. The Bertz CT molecular complexity index is 1130. The summed E-state index contributed by atoms with van der Waals surface area (Å²) in [6.07, 6.45) is 1.67. The Morgan fingerprint density at radius 2 is 1.76 bits per heavy atom. The summed E-state index contributed by atoms with van der Waals surface area (Å²) in [5, 5.41) is 0. The number of rotatable bonds is 4. The monoisotopic (exact) mass is 390 g/mol. The minimum atomic E-state index is -0.292. The number of hydrogen-bond acceptors (Lipinski definition) is 5. The van der Waals surface area contributed by atoms with Crippen molar-refractivity contribution in [1.82, 2.24) is 0 Å². The number of fused-ring (bicyclic) bond motifs is 2. The molecule has 0 aliphatic carbocycles. The molecule has 6 heteroatoms. The van der Waals surface area contributed by atoms with Crippen LogP contribution in [0.4, 0.5) is 4.39 Å². The average molecular weight is 390 g/mol. The molecule has 0 spiro atoms. The number of Topliss-reactive ketones (excluding diaryl/α,β-unsaturated/α-hetero) is 1. The summed E-state index contributed by atoms with van der Waals surface area (Å²) in [6, 6.07) is 16.6. The lowest BCUT2D eigenvalue weighted by atomic mass is 10.1. The molecule has 0 aromatic heterocycles. The molecule has 144 valence electrons. The molecule has 29 heavy (non-hydrogen) atoms. The highest BCUT2D eigenvalue weighted by Crippen LogP contribution is 2.37. The molecule has 0 atom stereocenters. The van der Waals surface area contributed by atoms with Crippen LogP contribution in [0.15, 0.2) is 66.4 Å². The average Bonchev–Trinajstić information content (AvgIpc) is 3.32. The normalized spacial score (nSPS) is 15.3. The number of allylic oxidation sites excluding steroid dienone is 1. The third-order valence-corrected chi connectivity index (χ3v) is 4.65. The lowest BCUT2D eigenvalue weighted by Gasteiger charge is -2.07. The molecule has 0 N–H and O–H groups in total. The van der Waals surface area contributed by atoms with E-state index in [2.05, 4.69) is 0 Å². The van der Waals surface area contributed by atoms with Crippen LogP contribution in [0.2, 0.25) is 0 Å². The van der Waals surface area contributed by atoms with E-state index < -0.39 is 0 Å². The molecule has 0 radical (unpaired) electrons. The molecule has 2 aliphatic rings. The Morgan fingerprint density at radius 3 is 2.62 bits per heavy atom. The fourth-order valence-corrected chi connectivity index (χ4v) is 3.16. The number of hydrogen-bond donors (Lipinski definition) is 0. The molecule has 3 aromatic carbocycles. The molecule has 2 heterocycles. The second-order valence-electron chi connectivity index (χ2n) is 6.63. The minimum absolute atomic E-state index is 0.191. The van der Waals surface area contributed by atoms with Gasteiger partial charge in [-0.05, 0) is 53.6 Å². The van der Waals surface area contributed by atoms with Crippen LogP contribution in [0.1, 0.15) is 21.5 Å². The molecular formula is C23H15FO5. The van der Waals surface area contributed by atoms with Crippen molar-refractivity contribution in [3.63, 3.8) is 0 Å². The highest BCUT2D eigenvalue weighted by molar-refractivity contribution is 6.14. The lowest BCUT2D eigenvalue weighted by Crippen LogP contribution is -1.98. The van der Waals surface area contributed by atoms with Crippen LogP contribution in [-0.4, -0.2) is 12.6 Å². The Morgan fingerprint density at radius 1 is 0.931 bits per heavy atom. The van der Waals surface area contributed by atoms with Crippen molar-refractivity contribution in [2.24, 2.45) is 0 Å². The van der Waals surface area contributed by atoms with Crippen molar-refractivity contribution >= 4 is 11.9 Å². The van der Waals surface area contributed by atoms with Gasteiger partial charge in [-0.25, -0.2) is 4.39 Å². The maximum Gasteiger partial charge on any atom is 0.231 e. The molecule has 3 aromatic rings. The molecule has 2 aliphatic heterocycles. The van der Waals surface area contributed by atoms with Gasteiger partial charge in [-0.1, -0.05) is 18.2 Å². The smallest absolute Gasteiger partial charge is 0.231 e. The van der Waals surface area contributed by atoms with Crippen LogP contribution >= 0.6 is 0 Å². The van der Waals surface area contributed by atoms with Gasteiger partial charge in [0, 0.05) is 6.07 Å². The van der Waals surface area contributed by atoms with Gasteiger partial charge in [0.25, 0.3) is 0 Å². The van der Waals surface area contributed by atoms with Crippen molar-refractivity contribution in [3.05, 3.63) is 88.9 Å². The van der Waals surface area contributed by atoms with E-state index in [4.69, 9.17) is 18.9 Å². The predicted molar refractivity (Wildman–Crippen MR) is 103 cm³/mol. The molecule has 0 saturated heterocycles. The van der Waals surface area contributed by atoms with Gasteiger partial charge in [-0.3, -0.25) is 4.79 Å². The maximum atomic E-state index is 13.0. The molecule has 0 fully saturated rings. The SMILES string of the molecule is O=C1C(=Cc2ccc3c(c2)OCO3)Oc2cc(OCc3ccc(F)cc3)ccc21. The fraction of sp³-hybridized carbons (Fsp3) is 0.0870. The first kappa shape index (κ1) is 17.3. The van der Waals surface area contributed by atoms with Crippen molar-refractivity contribution < 1.29 is 28.1 Å². The quantitative estimate of drug-likeness (QED) is 0.602. The van der Waals surface area contributed by atoms with Crippen LogP contribution in [0.25, 0.3) is 6.08 Å². The molecule has 0 saturated carbocycles. The maximum absolute atomic E-state index is 13.0. The summed E-state index contributed by atoms with van der Waals surface area (Å²) in [5.74, 6) is 2.07. The van der Waals surface area contributed by atoms with Crippen molar-refractivity contribution in [1.29, 1.82) is 0 Å². The number of ketones is 1. The standard InChI is InChI=1S/C23H15FO5/c24-16-4-1-14(2-5-16)12-26-17-6-7-18-20(11-17)29-22(23(18)25)10-15-3-8-19-21(9-15)28-13-27-19/h1-11H,12-13H2. The number of carbonyl (C=O) groups is 1. The molecule has 0 amide bonds. The summed E-state index contributed by atoms with van der Waals surface area (Å²) in [5.41, 5.74) is 2.09. The molecule has 0 bridgehead atoms. The molecular weight excluding hydrogens is 375 g/mol. The zero-order valence-corrected chi connectivity index (χ0v) is 15.2. The molecule has 5 rings (SSSR count). The third-order valence-electron chi connectivity index (χ3n) is 4.65. The van der Waals surface area contributed by atoms with Gasteiger partial charge in [0.2, 0.25) is 12.6 Å². The van der Waals surface area contributed by atoms with E-state index in [-0.39, 0.29) is 30.8 Å². The lowest BCUT2D eigenvalue weighted by molar-refractivity contribution is 0.101. The first-order valence-corrected chi connectivity index (χ1v) is 9.01. The number of carbonyl (C=O) groups excluding carboxylic acids is 1. The van der Waals surface area contributed by atoms with E-state index >= 15 is 0 Å². The van der Waals surface area contributed by atoms with E-state index in [9.17, 15) is 9.18 Å². The first-order chi connectivity index (χ1) is 14.2. The summed E-state index contributed by atoms with van der Waals surface area (Å²) in [7, 11) is 0. The first-order valence-electron chi connectivity index (χ1n) is 9.01. The van der Waals surface area contributed by atoms with E-state index in [1.807, 2.05) is 6.07 Å². The van der Waals surface area contributed by atoms with Gasteiger partial charge in [0.1, 0.15) is 23.9 Å². The van der Waals surface area contributed by atoms with E-state index in [1.165, 1.54) is 12.1 Å². The topological polar surface area (TPSA) is 54.0 Å². The van der Waals surface area contributed by atoms with Gasteiger partial charge in [0.15, 0.2) is 17.3 Å². The third kappa shape index (κ3) is 3.40. The van der Waals surface area contributed by atoms with Gasteiger partial charge in [-0.2, -0.15) is 0 Å². The Balaban J connectivity index is 1.33. The van der Waals surface area contributed by atoms with Gasteiger partial charge < -0.3 is 18.9 Å². The Hall–Kier alpha value is -3.80. The van der Waals surface area contributed by atoms with E-state index in [1.54, 1.807) is 48.5 Å². The van der Waals surface area contributed by atoms with Crippen molar-refractivity contribution in [2.75, 3.05) is 6.79 Å². The highest BCUT2D eigenvalue weighted by atomic mass is 19.1. The van der Waals surface area contributed by atoms with E-state index in [0.29, 0.717) is 28.6 Å². The predicted octanol–water partition coefficient (Wildman–Crippen LogP) is 4.75. The summed E-state index contributed by atoms with van der Waals surface area (Å²) >= 11 is 0. The largest absolute Gasteiger partial charge is 0.489 e. The van der Waals surface area contributed by atoms with Crippen molar-refractivity contribution in [3.8, 4) is 23.0 Å². The van der Waals surface area contributed by atoms with Gasteiger partial charge in [-0.15, -0.1) is 0 Å².